The molecule has 0 spiro atoms. The Balaban J connectivity index is 1.93. The Morgan fingerprint density at radius 1 is 1.39 bits per heavy atom. The lowest BCUT2D eigenvalue weighted by Crippen LogP contribution is -2.35. The van der Waals surface area contributed by atoms with Crippen LogP contribution in [0.4, 0.5) is 0 Å². The van der Waals surface area contributed by atoms with Crippen molar-refractivity contribution >= 4 is 0 Å². The van der Waals surface area contributed by atoms with Gasteiger partial charge >= 0.3 is 0 Å². The van der Waals surface area contributed by atoms with Gasteiger partial charge in [0, 0.05) is 38.8 Å². The van der Waals surface area contributed by atoms with Crippen molar-refractivity contribution in [1.82, 2.24) is 14.7 Å². The van der Waals surface area contributed by atoms with Gasteiger partial charge in [0.1, 0.15) is 0 Å². The largest absolute Gasteiger partial charge is 0.381 e. The summed E-state index contributed by atoms with van der Waals surface area (Å²) in [7, 11) is 2.08. The molecule has 1 aromatic heterocycles. The SMILES string of the molecule is CN1CCc2nn(C3CCOCC3)c(=O)cc2C1. The van der Waals surface area contributed by atoms with E-state index in [1.54, 1.807) is 10.7 Å². The van der Waals surface area contributed by atoms with Crippen molar-refractivity contribution in [2.75, 3.05) is 26.8 Å². The van der Waals surface area contributed by atoms with E-state index in [1.165, 1.54) is 0 Å². The molecule has 0 aliphatic carbocycles. The summed E-state index contributed by atoms with van der Waals surface area (Å²) in [6.45, 7) is 3.33. The second-order valence-electron chi connectivity index (χ2n) is 5.23. The fourth-order valence-corrected chi connectivity index (χ4v) is 2.75. The highest BCUT2D eigenvalue weighted by atomic mass is 16.5. The third-order valence-corrected chi connectivity index (χ3v) is 3.83. The van der Waals surface area contributed by atoms with Crippen LogP contribution >= 0.6 is 0 Å². The number of hydrogen-bond donors (Lipinski definition) is 0. The number of fused-ring (bicyclic) bond motifs is 1. The topological polar surface area (TPSA) is 47.4 Å². The van der Waals surface area contributed by atoms with E-state index in [1.807, 2.05) is 0 Å². The molecule has 2 aliphatic rings. The van der Waals surface area contributed by atoms with Crippen LogP contribution in [0.25, 0.3) is 0 Å². The van der Waals surface area contributed by atoms with E-state index in [0.717, 1.165) is 56.8 Å². The zero-order valence-electron chi connectivity index (χ0n) is 10.8. The van der Waals surface area contributed by atoms with Gasteiger partial charge in [-0.15, -0.1) is 0 Å². The van der Waals surface area contributed by atoms with Crippen LogP contribution in [0.3, 0.4) is 0 Å². The van der Waals surface area contributed by atoms with Crippen molar-refractivity contribution in [3.63, 3.8) is 0 Å². The van der Waals surface area contributed by atoms with Gasteiger partial charge in [0.25, 0.3) is 5.56 Å². The van der Waals surface area contributed by atoms with Gasteiger partial charge in [-0.25, -0.2) is 4.68 Å². The Morgan fingerprint density at radius 2 is 2.17 bits per heavy atom. The summed E-state index contributed by atoms with van der Waals surface area (Å²) in [6.07, 6.45) is 2.73. The normalized spacial score (nSPS) is 21.8. The molecule has 5 heteroatoms. The van der Waals surface area contributed by atoms with Gasteiger partial charge in [0.05, 0.1) is 11.7 Å². The lowest BCUT2D eigenvalue weighted by atomic mass is 10.1. The Bertz CT molecular complexity index is 491. The van der Waals surface area contributed by atoms with E-state index in [2.05, 4.69) is 17.0 Å². The second-order valence-corrected chi connectivity index (χ2v) is 5.23. The van der Waals surface area contributed by atoms with Crippen molar-refractivity contribution in [3.05, 3.63) is 27.7 Å². The number of aromatic nitrogens is 2. The number of rotatable bonds is 1. The van der Waals surface area contributed by atoms with E-state index in [9.17, 15) is 4.79 Å². The monoisotopic (exact) mass is 249 g/mol. The molecule has 0 amide bonds. The first-order valence-corrected chi connectivity index (χ1v) is 6.62. The Hall–Kier alpha value is -1.20. The lowest BCUT2D eigenvalue weighted by Gasteiger charge is -2.27. The summed E-state index contributed by atoms with van der Waals surface area (Å²) in [6, 6.07) is 1.99. The molecule has 0 aromatic carbocycles. The summed E-state index contributed by atoms with van der Waals surface area (Å²) >= 11 is 0. The van der Waals surface area contributed by atoms with Gasteiger partial charge in [0.15, 0.2) is 0 Å². The molecule has 0 radical (unpaired) electrons. The number of ether oxygens (including phenoxy) is 1. The minimum absolute atomic E-state index is 0.0379. The number of likely N-dealkylation sites (N-methyl/N-ethyl adjacent to an activating group) is 1. The lowest BCUT2D eigenvalue weighted by molar-refractivity contribution is 0.0644. The van der Waals surface area contributed by atoms with Crippen LogP contribution in [0, 0.1) is 0 Å². The highest BCUT2D eigenvalue weighted by Crippen LogP contribution is 2.20. The minimum atomic E-state index is 0.0379. The van der Waals surface area contributed by atoms with Gasteiger partial charge in [-0.2, -0.15) is 5.10 Å². The van der Waals surface area contributed by atoms with Crippen LogP contribution in [0.15, 0.2) is 10.9 Å². The van der Waals surface area contributed by atoms with Gasteiger partial charge in [-0.3, -0.25) is 4.79 Å². The summed E-state index contributed by atoms with van der Waals surface area (Å²) in [5, 5.41) is 4.59. The molecule has 3 rings (SSSR count). The first kappa shape index (κ1) is 11.9. The summed E-state index contributed by atoms with van der Waals surface area (Å²) < 4.78 is 7.03. The highest BCUT2D eigenvalue weighted by Gasteiger charge is 2.21. The second kappa shape index (κ2) is 4.82. The molecule has 98 valence electrons. The molecular weight excluding hydrogens is 230 g/mol. The molecule has 1 aromatic rings. The fraction of sp³-hybridized carbons (Fsp3) is 0.692. The Kier molecular flexibility index (Phi) is 3.18. The Labute approximate surface area is 106 Å². The maximum absolute atomic E-state index is 12.1. The molecule has 0 saturated carbocycles. The van der Waals surface area contributed by atoms with Crippen molar-refractivity contribution in [3.8, 4) is 0 Å². The van der Waals surface area contributed by atoms with Crippen molar-refractivity contribution in [2.45, 2.75) is 31.8 Å². The van der Waals surface area contributed by atoms with Crippen LogP contribution in [-0.4, -0.2) is 41.5 Å². The predicted molar refractivity (Wildman–Crippen MR) is 67.6 cm³/mol. The van der Waals surface area contributed by atoms with E-state index in [0.29, 0.717) is 0 Å². The molecule has 18 heavy (non-hydrogen) atoms. The average Bonchev–Trinajstić information content (AvgIpc) is 2.39. The molecular formula is C13H19N3O2. The summed E-state index contributed by atoms with van der Waals surface area (Å²) in [5.74, 6) is 0. The number of hydrogen-bond acceptors (Lipinski definition) is 4. The van der Waals surface area contributed by atoms with Crippen LogP contribution in [-0.2, 0) is 17.7 Å². The summed E-state index contributed by atoms with van der Waals surface area (Å²) in [5.41, 5.74) is 2.23. The molecule has 2 aliphatic heterocycles. The molecule has 3 heterocycles. The predicted octanol–water partition coefficient (Wildman–Crippen LogP) is 0.583. The molecule has 5 nitrogen and oxygen atoms in total. The summed E-state index contributed by atoms with van der Waals surface area (Å²) in [4.78, 5) is 14.4. The quantitative estimate of drug-likeness (QED) is 0.730. The molecule has 1 saturated heterocycles. The first-order chi connectivity index (χ1) is 8.74. The standard InChI is InChI=1S/C13H19N3O2/c1-15-5-2-12-10(9-15)8-13(17)16(14-12)11-3-6-18-7-4-11/h8,11H,2-7,9H2,1H3. The number of nitrogens with zero attached hydrogens (tertiary/aromatic N) is 3. The average molecular weight is 249 g/mol. The van der Waals surface area contributed by atoms with Crippen LogP contribution in [0.2, 0.25) is 0 Å². The maximum Gasteiger partial charge on any atom is 0.267 e. The zero-order chi connectivity index (χ0) is 12.5. The molecule has 0 N–H and O–H groups in total. The van der Waals surface area contributed by atoms with Crippen LogP contribution < -0.4 is 5.56 Å². The fourth-order valence-electron chi connectivity index (χ4n) is 2.75. The first-order valence-electron chi connectivity index (χ1n) is 6.62. The minimum Gasteiger partial charge on any atom is -0.381 e. The van der Waals surface area contributed by atoms with E-state index >= 15 is 0 Å². The van der Waals surface area contributed by atoms with E-state index in [4.69, 9.17) is 4.74 Å². The van der Waals surface area contributed by atoms with Gasteiger partial charge < -0.3 is 9.64 Å². The van der Waals surface area contributed by atoms with Crippen molar-refractivity contribution in [1.29, 1.82) is 0 Å². The third kappa shape index (κ3) is 2.20. The molecule has 0 unspecified atom stereocenters. The molecule has 0 bridgehead atoms. The third-order valence-electron chi connectivity index (χ3n) is 3.83. The van der Waals surface area contributed by atoms with Crippen molar-refractivity contribution in [2.24, 2.45) is 0 Å². The van der Waals surface area contributed by atoms with Gasteiger partial charge in [-0.1, -0.05) is 0 Å². The van der Waals surface area contributed by atoms with Gasteiger partial charge in [0.2, 0.25) is 0 Å². The molecule has 1 fully saturated rings. The molecule has 0 atom stereocenters. The van der Waals surface area contributed by atoms with Gasteiger partial charge in [-0.05, 0) is 25.5 Å². The maximum atomic E-state index is 12.1. The highest BCUT2D eigenvalue weighted by molar-refractivity contribution is 5.20. The van der Waals surface area contributed by atoms with E-state index < -0.39 is 0 Å². The van der Waals surface area contributed by atoms with Crippen LogP contribution in [0.1, 0.15) is 30.1 Å². The smallest absolute Gasteiger partial charge is 0.267 e. The van der Waals surface area contributed by atoms with E-state index in [-0.39, 0.29) is 11.6 Å². The zero-order valence-corrected chi connectivity index (χ0v) is 10.8. The Morgan fingerprint density at radius 3 is 2.94 bits per heavy atom. The van der Waals surface area contributed by atoms with Crippen molar-refractivity contribution < 1.29 is 4.74 Å². The van der Waals surface area contributed by atoms with Crippen LogP contribution in [0.5, 0.6) is 0 Å².